The molecular formula is C44H26O. The van der Waals surface area contributed by atoms with Crippen LogP contribution in [0, 0.1) is 0 Å². The molecule has 9 aromatic carbocycles. The molecule has 0 saturated heterocycles. The summed E-state index contributed by atoms with van der Waals surface area (Å²) in [5.41, 5.74) is 0.253. The van der Waals surface area contributed by atoms with Gasteiger partial charge in [-0.2, -0.15) is 0 Å². The van der Waals surface area contributed by atoms with Gasteiger partial charge < -0.3 is 4.42 Å². The fraction of sp³-hybridized carbons (Fsp3) is 0. The maximum absolute atomic E-state index is 9.44. The molecule has 208 valence electrons. The zero-order valence-corrected chi connectivity index (χ0v) is 23.1. The molecule has 0 N–H and O–H groups in total. The second-order valence-corrected chi connectivity index (χ2v) is 10.7. The van der Waals surface area contributed by atoms with Gasteiger partial charge in [0.25, 0.3) is 0 Å². The minimum Gasteiger partial charge on any atom is -0.455 e. The molecule has 0 aliphatic carbocycles. The number of fused-ring (bicyclic) bond motifs is 10. The standard InChI is InChI=1S/C44H26O/c1-3-12-30-27(10-1)20-23-33-32(30)18-9-19-35(33)43-38-16-7-5-14-36(38)42(37-15-6-8-17-39(37)43)29-22-24-34-40-25-21-28-11-2-4-13-31(28)44(40)45-41(34)26-29/h1-26H/i1D,3D,5D,6D,7D,8D,9D,10D,12D,14D,15D,16D,17D,18D,19D,20D,23D. The Morgan fingerprint density at radius 2 is 1.07 bits per heavy atom. The first-order valence-electron chi connectivity index (χ1n) is 22.6. The van der Waals surface area contributed by atoms with Gasteiger partial charge in [0.2, 0.25) is 0 Å². The van der Waals surface area contributed by atoms with E-state index in [0.717, 1.165) is 16.2 Å². The molecule has 0 bridgehead atoms. The smallest absolute Gasteiger partial charge is 0.143 e. The van der Waals surface area contributed by atoms with Gasteiger partial charge in [-0.3, -0.25) is 0 Å². The molecule has 0 spiro atoms. The summed E-state index contributed by atoms with van der Waals surface area (Å²) < 4.78 is 160. The Bertz CT molecular complexity index is 3700. The van der Waals surface area contributed by atoms with E-state index >= 15 is 0 Å². The maximum Gasteiger partial charge on any atom is 0.143 e. The van der Waals surface area contributed by atoms with Gasteiger partial charge in [-0.05, 0) is 88.9 Å². The van der Waals surface area contributed by atoms with Crippen LogP contribution in [-0.4, -0.2) is 0 Å². The predicted octanol–water partition coefficient (Wildman–Crippen LogP) is 12.7. The lowest BCUT2D eigenvalue weighted by atomic mass is 9.84. The van der Waals surface area contributed by atoms with Gasteiger partial charge in [-0.25, -0.2) is 0 Å². The van der Waals surface area contributed by atoms with E-state index in [1.165, 1.54) is 0 Å². The maximum atomic E-state index is 9.44. The molecule has 10 rings (SSSR count). The van der Waals surface area contributed by atoms with E-state index in [9.17, 15) is 8.22 Å². The highest BCUT2D eigenvalue weighted by Crippen LogP contribution is 2.46. The number of benzene rings is 9. The minimum absolute atomic E-state index is 0.0316. The lowest BCUT2D eigenvalue weighted by Crippen LogP contribution is -1.91. The third-order valence-corrected chi connectivity index (χ3v) is 8.40. The van der Waals surface area contributed by atoms with Gasteiger partial charge in [0, 0.05) is 16.2 Å². The van der Waals surface area contributed by atoms with Crippen molar-refractivity contribution in [1.82, 2.24) is 0 Å². The van der Waals surface area contributed by atoms with Crippen LogP contribution in [0.1, 0.15) is 23.3 Å². The highest BCUT2D eigenvalue weighted by Gasteiger charge is 2.19. The highest BCUT2D eigenvalue weighted by atomic mass is 16.3. The normalized spacial score (nSPS) is 17.3. The molecule has 0 aliphatic rings. The molecule has 0 fully saturated rings. The molecule has 0 saturated carbocycles. The van der Waals surface area contributed by atoms with Crippen molar-refractivity contribution < 1.29 is 27.7 Å². The number of furan rings is 1. The zero-order valence-electron chi connectivity index (χ0n) is 40.1. The Morgan fingerprint density at radius 3 is 1.87 bits per heavy atom. The first kappa shape index (κ1) is 13.4. The van der Waals surface area contributed by atoms with Crippen molar-refractivity contribution in [3.05, 3.63) is 157 Å². The topological polar surface area (TPSA) is 13.1 Å². The van der Waals surface area contributed by atoms with Gasteiger partial charge in [-0.15, -0.1) is 0 Å². The molecule has 0 aliphatic heterocycles. The summed E-state index contributed by atoms with van der Waals surface area (Å²) in [6, 6.07) is 4.39. The van der Waals surface area contributed by atoms with Crippen molar-refractivity contribution in [3.63, 3.8) is 0 Å². The molecule has 0 unspecified atom stereocenters. The molecule has 1 aromatic heterocycles. The summed E-state index contributed by atoms with van der Waals surface area (Å²) in [6.07, 6.45) is 0. The van der Waals surface area contributed by atoms with Crippen LogP contribution in [0.2, 0.25) is 0 Å². The van der Waals surface area contributed by atoms with Crippen molar-refractivity contribution in [1.29, 1.82) is 0 Å². The number of hydrogen-bond acceptors (Lipinski definition) is 1. The van der Waals surface area contributed by atoms with Gasteiger partial charge in [-0.1, -0.05) is 139 Å². The molecule has 10 aromatic rings. The second kappa shape index (κ2) is 9.29. The van der Waals surface area contributed by atoms with Gasteiger partial charge in [0.1, 0.15) is 11.2 Å². The lowest BCUT2D eigenvalue weighted by molar-refractivity contribution is 0.673. The first-order valence-corrected chi connectivity index (χ1v) is 14.1. The zero-order chi connectivity index (χ0) is 44.3. The summed E-state index contributed by atoms with van der Waals surface area (Å²) in [5, 5.41) is 0.379. The van der Waals surface area contributed by atoms with E-state index in [4.69, 9.17) is 19.5 Å². The van der Waals surface area contributed by atoms with Gasteiger partial charge >= 0.3 is 0 Å². The Kier molecular flexibility index (Phi) is 2.76. The van der Waals surface area contributed by atoms with E-state index in [1.54, 1.807) is 18.2 Å². The average molecular weight is 588 g/mol. The van der Waals surface area contributed by atoms with Gasteiger partial charge in [0.15, 0.2) is 0 Å². The Labute approximate surface area is 283 Å². The quantitative estimate of drug-likeness (QED) is 0.145. The fourth-order valence-corrected chi connectivity index (χ4v) is 6.45. The van der Waals surface area contributed by atoms with Crippen LogP contribution in [0.4, 0.5) is 0 Å². The third-order valence-electron chi connectivity index (χ3n) is 8.40. The van der Waals surface area contributed by atoms with Crippen LogP contribution >= 0.6 is 0 Å². The largest absolute Gasteiger partial charge is 0.455 e. The van der Waals surface area contributed by atoms with E-state index < -0.39 is 135 Å². The third kappa shape index (κ3) is 3.50. The average Bonchev–Trinajstić information content (AvgIpc) is 3.65. The van der Waals surface area contributed by atoms with Crippen LogP contribution in [0.3, 0.4) is 0 Å². The molecule has 1 heterocycles. The molecule has 1 heteroatoms. The predicted molar refractivity (Wildman–Crippen MR) is 192 cm³/mol. The molecule has 0 amide bonds. The van der Waals surface area contributed by atoms with Crippen LogP contribution < -0.4 is 0 Å². The molecule has 1 nitrogen and oxygen atoms in total. The van der Waals surface area contributed by atoms with Crippen LogP contribution in [0.5, 0.6) is 0 Å². The summed E-state index contributed by atoms with van der Waals surface area (Å²) in [4.78, 5) is 0. The van der Waals surface area contributed by atoms with Crippen LogP contribution in [0.15, 0.2) is 162 Å². The minimum atomic E-state index is -0.812. The highest BCUT2D eigenvalue weighted by molar-refractivity contribution is 6.25. The Hall–Kier alpha value is -5.92. The monoisotopic (exact) mass is 587 g/mol. The number of hydrogen-bond donors (Lipinski definition) is 0. The van der Waals surface area contributed by atoms with E-state index in [1.807, 2.05) is 36.4 Å². The number of rotatable bonds is 2. The van der Waals surface area contributed by atoms with E-state index in [-0.39, 0.29) is 32.7 Å². The summed E-state index contributed by atoms with van der Waals surface area (Å²) >= 11 is 0. The van der Waals surface area contributed by atoms with Crippen LogP contribution in [0.25, 0.3) is 98.1 Å². The van der Waals surface area contributed by atoms with Crippen molar-refractivity contribution in [2.45, 2.75) is 0 Å². The molecule has 0 atom stereocenters. The van der Waals surface area contributed by atoms with E-state index in [0.29, 0.717) is 16.6 Å². The first-order chi connectivity index (χ1) is 29.4. The van der Waals surface area contributed by atoms with Crippen molar-refractivity contribution in [2.75, 3.05) is 0 Å². The fourth-order valence-electron chi connectivity index (χ4n) is 6.45. The summed E-state index contributed by atoms with van der Waals surface area (Å²) in [5.74, 6) is 0. The second-order valence-electron chi connectivity index (χ2n) is 10.7. The summed E-state index contributed by atoms with van der Waals surface area (Å²) in [6.45, 7) is 0. The SMILES string of the molecule is [2H]c1c([2H])c([2H])c2c(-c3c([2H])c([2H])c([2H])c4c3c([2H])c([2H])c3c([2H])c([2H])c([2H])c([2H])c34)c3c([2H])c([2H])c([2H])c([2H])c3c(-c3ccc4c(c3)oc3c5ccccc5ccc43)c2c1[2H]. The van der Waals surface area contributed by atoms with Crippen molar-refractivity contribution in [3.8, 4) is 22.3 Å². The Balaban J connectivity index is 1.49. The van der Waals surface area contributed by atoms with E-state index in [2.05, 4.69) is 0 Å². The molecule has 45 heavy (non-hydrogen) atoms. The lowest BCUT2D eigenvalue weighted by Gasteiger charge is -2.19. The summed E-state index contributed by atoms with van der Waals surface area (Å²) in [7, 11) is 0. The van der Waals surface area contributed by atoms with Gasteiger partial charge in [0.05, 0.1) is 23.3 Å². The van der Waals surface area contributed by atoms with Crippen molar-refractivity contribution in [2.24, 2.45) is 0 Å². The van der Waals surface area contributed by atoms with Crippen molar-refractivity contribution >= 4 is 75.8 Å². The molecule has 0 radical (unpaired) electrons. The van der Waals surface area contributed by atoms with Crippen LogP contribution in [-0.2, 0) is 0 Å². The molecular weight excluding hydrogens is 544 g/mol. The Morgan fingerprint density at radius 1 is 0.400 bits per heavy atom.